The lowest BCUT2D eigenvalue weighted by molar-refractivity contribution is 1.18. The molecule has 0 bridgehead atoms. The summed E-state index contributed by atoms with van der Waals surface area (Å²) in [6.45, 7) is 0. The van der Waals surface area contributed by atoms with Crippen molar-refractivity contribution in [2.75, 3.05) is 9.80 Å². The van der Waals surface area contributed by atoms with Gasteiger partial charge in [-0.1, -0.05) is 121 Å². The Morgan fingerprint density at radius 2 is 0.717 bits per heavy atom. The van der Waals surface area contributed by atoms with Gasteiger partial charge in [-0.05, 0) is 108 Å². The Kier molecular flexibility index (Phi) is 7.47. The topological polar surface area (TPSA) is 11.4 Å². The highest BCUT2D eigenvalue weighted by atomic mass is 15.1. The smallest absolute Gasteiger partial charge is 0.0548 e. The molecule has 0 radical (unpaired) electrons. The van der Waals surface area contributed by atoms with Gasteiger partial charge in [0.25, 0.3) is 0 Å². The number of anilines is 6. The van der Waals surface area contributed by atoms with E-state index >= 15 is 0 Å². The van der Waals surface area contributed by atoms with Crippen LogP contribution in [0.25, 0.3) is 49.4 Å². The van der Waals surface area contributed by atoms with Gasteiger partial charge in [0.15, 0.2) is 0 Å². The molecule has 0 aliphatic rings. The van der Waals surface area contributed by atoms with Crippen molar-refractivity contribution in [3.8, 4) is 16.8 Å². The van der Waals surface area contributed by atoms with E-state index in [-0.39, 0.29) is 0 Å². The van der Waals surface area contributed by atoms with Crippen LogP contribution in [0, 0.1) is 0 Å². The first-order valence-electron chi connectivity index (χ1n) is 18.1. The van der Waals surface area contributed by atoms with E-state index in [9.17, 15) is 0 Å². The SMILES string of the molecule is c1ccc(N(c2ccccc2)c2ccc(-c3ccc4c5c3ccc3c(N(c6ccccc6)c6ccccc6)ccc(c35)n4-c3ccccc3)cc2)cc1. The van der Waals surface area contributed by atoms with Gasteiger partial charge >= 0.3 is 0 Å². The second-order valence-electron chi connectivity index (χ2n) is 13.4. The molecule has 1 aromatic heterocycles. The average Bonchev–Trinajstić information content (AvgIpc) is 3.58. The van der Waals surface area contributed by atoms with E-state index in [1.807, 2.05) is 0 Å². The summed E-state index contributed by atoms with van der Waals surface area (Å²) in [6, 6.07) is 76.1. The molecule has 0 amide bonds. The Balaban J connectivity index is 1.18. The standard InChI is InChI=1S/C50H35N3/c1-6-16-37(17-7-1)51(38-18-8-2-9-19-38)42-28-26-36(27-29-42)43-32-33-47-49-44(43)30-31-45-46(34-35-48(50(45)49)53(47)41-24-14-5-15-25-41)52(39-20-10-3-11-21-39)40-22-12-4-13-23-40/h1-35H. The Morgan fingerprint density at radius 3 is 1.25 bits per heavy atom. The first-order chi connectivity index (χ1) is 26.3. The van der Waals surface area contributed by atoms with Crippen molar-refractivity contribution >= 4 is 66.7 Å². The second kappa shape index (κ2) is 12.9. The van der Waals surface area contributed by atoms with Gasteiger partial charge in [0.1, 0.15) is 0 Å². The minimum atomic E-state index is 1.12. The van der Waals surface area contributed by atoms with Gasteiger partial charge in [0.2, 0.25) is 0 Å². The first kappa shape index (κ1) is 30.7. The van der Waals surface area contributed by atoms with Crippen molar-refractivity contribution in [3.63, 3.8) is 0 Å². The molecule has 0 aliphatic heterocycles. The van der Waals surface area contributed by atoms with Crippen molar-refractivity contribution in [2.45, 2.75) is 0 Å². The van der Waals surface area contributed by atoms with Crippen LogP contribution in [0.1, 0.15) is 0 Å². The number of para-hydroxylation sites is 5. The Hall–Kier alpha value is -7.10. The zero-order valence-corrected chi connectivity index (χ0v) is 29.0. The Bertz CT molecular complexity index is 2720. The lowest BCUT2D eigenvalue weighted by Crippen LogP contribution is -2.10. The number of aromatic nitrogens is 1. The quantitative estimate of drug-likeness (QED) is 0.148. The largest absolute Gasteiger partial charge is 0.311 e. The molecular weight excluding hydrogens is 643 g/mol. The molecule has 10 rings (SSSR count). The minimum Gasteiger partial charge on any atom is -0.311 e. The summed E-state index contributed by atoms with van der Waals surface area (Å²) in [6.07, 6.45) is 0. The van der Waals surface area contributed by atoms with Gasteiger partial charge < -0.3 is 14.4 Å². The van der Waals surface area contributed by atoms with Gasteiger partial charge in [-0.2, -0.15) is 0 Å². The van der Waals surface area contributed by atoms with Crippen LogP contribution in [0.2, 0.25) is 0 Å². The highest BCUT2D eigenvalue weighted by molar-refractivity contribution is 6.29. The molecule has 9 aromatic carbocycles. The molecule has 0 saturated carbocycles. The van der Waals surface area contributed by atoms with Crippen LogP contribution in [0.5, 0.6) is 0 Å². The van der Waals surface area contributed by atoms with Crippen LogP contribution in [-0.2, 0) is 0 Å². The molecule has 0 fully saturated rings. The maximum absolute atomic E-state index is 2.42. The van der Waals surface area contributed by atoms with E-state index < -0.39 is 0 Å². The molecule has 0 N–H and O–H groups in total. The molecule has 53 heavy (non-hydrogen) atoms. The fourth-order valence-corrected chi connectivity index (χ4v) is 8.02. The van der Waals surface area contributed by atoms with Gasteiger partial charge in [0.05, 0.1) is 16.7 Å². The molecule has 3 heteroatoms. The van der Waals surface area contributed by atoms with Crippen LogP contribution in [0.4, 0.5) is 34.1 Å². The summed E-state index contributed by atoms with van der Waals surface area (Å²) < 4.78 is 2.42. The predicted octanol–water partition coefficient (Wildman–Crippen LogP) is 14.0. The number of hydrogen-bond acceptors (Lipinski definition) is 2. The minimum absolute atomic E-state index is 1.12. The Morgan fingerprint density at radius 1 is 0.302 bits per heavy atom. The highest BCUT2D eigenvalue weighted by Gasteiger charge is 2.23. The van der Waals surface area contributed by atoms with Crippen LogP contribution in [0.3, 0.4) is 0 Å². The Labute approximate surface area is 309 Å². The third-order valence-electron chi connectivity index (χ3n) is 10.3. The van der Waals surface area contributed by atoms with E-state index in [2.05, 4.69) is 227 Å². The predicted molar refractivity (Wildman–Crippen MR) is 224 cm³/mol. The second-order valence-corrected chi connectivity index (χ2v) is 13.4. The molecular formula is C50H35N3. The van der Waals surface area contributed by atoms with Crippen LogP contribution in [-0.4, -0.2) is 4.57 Å². The van der Waals surface area contributed by atoms with Crippen LogP contribution < -0.4 is 9.80 Å². The molecule has 0 saturated heterocycles. The summed E-state index contributed by atoms with van der Waals surface area (Å²) >= 11 is 0. The maximum atomic E-state index is 2.42. The van der Waals surface area contributed by atoms with Crippen molar-refractivity contribution in [3.05, 3.63) is 212 Å². The molecule has 1 heterocycles. The van der Waals surface area contributed by atoms with E-state index in [0.717, 1.165) is 39.8 Å². The summed E-state index contributed by atoms with van der Waals surface area (Å²) in [4.78, 5) is 4.69. The molecule has 250 valence electrons. The average molecular weight is 678 g/mol. The van der Waals surface area contributed by atoms with E-state index in [1.54, 1.807) is 0 Å². The molecule has 0 atom stereocenters. The number of rotatable bonds is 8. The summed E-state index contributed by atoms with van der Waals surface area (Å²) in [5.74, 6) is 0. The number of nitrogens with zero attached hydrogens (tertiary/aromatic N) is 3. The summed E-state index contributed by atoms with van der Waals surface area (Å²) in [5, 5.41) is 5.01. The summed E-state index contributed by atoms with van der Waals surface area (Å²) in [7, 11) is 0. The normalized spacial score (nSPS) is 11.4. The van der Waals surface area contributed by atoms with Gasteiger partial charge in [-0.25, -0.2) is 0 Å². The summed E-state index contributed by atoms with van der Waals surface area (Å²) in [5.41, 5.74) is 12.7. The van der Waals surface area contributed by atoms with Crippen molar-refractivity contribution in [2.24, 2.45) is 0 Å². The molecule has 0 aliphatic carbocycles. The van der Waals surface area contributed by atoms with Crippen molar-refractivity contribution in [1.29, 1.82) is 0 Å². The molecule has 0 unspecified atom stereocenters. The molecule has 10 aromatic rings. The van der Waals surface area contributed by atoms with Gasteiger partial charge in [-0.15, -0.1) is 0 Å². The first-order valence-corrected chi connectivity index (χ1v) is 18.1. The maximum Gasteiger partial charge on any atom is 0.0548 e. The number of hydrogen-bond donors (Lipinski definition) is 0. The molecule has 3 nitrogen and oxygen atoms in total. The van der Waals surface area contributed by atoms with E-state index in [0.29, 0.717) is 0 Å². The van der Waals surface area contributed by atoms with Crippen molar-refractivity contribution < 1.29 is 0 Å². The van der Waals surface area contributed by atoms with Crippen LogP contribution in [0.15, 0.2) is 212 Å². The fraction of sp³-hybridized carbons (Fsp3) is 0. The van der Waals surface area contributed by atoms with Crippen LogP contribution >= 0.6 is 0 Å². The van der Waals surface area contributed by atoms with E-state index in [1.165, 1.54) is 43.7 Å². The van der Waals surface area contributed by atoms with Crippen molar-refractivity contribution in [1.82, 2.24) is 4.57 Å². The lowest BCUT2D eigenvalue weighted by Gasteiger charge is -2.27. The lowest BCUT2D eigenvalue weighted by atomic mass is 9.93. The van der Waals surface area contributed by atoms with Gasteiger partial charge in [0, 0.05) is 50.3 Å². The third kappa shape index (κ3) is 5.21. The zero-order chi connectivity index (χ0) is 35.1. The van der Waals surface area contributed by atoms with Gasteiger partial charge in [-0.3, -0.25) is 0 Å². The fourth-order valence-electron chi connectivity index (χ4n) is 8.02. The number of benzene rings is 9. The zero-order valence-electron chi connectivity index (χ0n) is 29.0. The molecule has 0 spiro atoms. The monoisotopic (exact) mass is 677 g/mol. The van der Waals surface area contributed by atoms with E-state index in [4.69, 9.17) is 0 Å². The third-order valence-corrected chi connectivity index (χ3v) is 10.3. The highest BCUT2D eigenvalue weighted by Crippen LogP contribution is 2.48.